The van der Waals surface area contributed by atoms with E-state index >= 15 is 0 Å². The highest BCUT2D eigenvalue weighted by Gasteiger charge is 2.30. The van der Waals surface area contributed by atoms with E-state index in [0.29, 0.717) is 31.6 Å². The van der Waals surface area contributed by atoms with Crippen LogP contribution in [-0.4, -0.2) is 96.7 Å². The number of carbonyl (C=O) groups is 4. The van der Waals surface area contributed by atoms with Gasteiger partial charge in [-0.2, -0.15) is 0 Å². The van der Waals surface area contributed by atoms with Crippen LogP contribution in [0.4, 0.5) is 0 Å². The number of hydrogen-bond donors (Lipinski definition) is 3. The number of rotatable bonds is 73. The van der Waals surface area contributed by atoms with Gasteiger partial charge in [0, 0.05) is 25.7 Å². The van der Waals surface area contributed by atoms with Gasteiger partial charge in [-0.1, -0.05) is 302 Å². The van der Waals surface area contributed by atoms with E-state index in [0.717, 1.165) is 134 Å². The Bertz CT molecular complexity index is 2060. The van der Waals surface area contributed by atoms with Gasteiger partial charge in [-0.3, -0.25) is 37.3 Å². The molecule has 0 aliphatic carbocycles. The monoisotopic (exact) mass is 1410 g/mol. The van der Waals surface area contributed by atoms with Crippen molar-refractivity contribution in [2.75, 3.05) is 39.6 Å². The first kappa shape index (κ1) is 94.0. The molecule has 0 fully saturated rings. The molecule has 0 saturated carbocycles. The molecule has 0 saturated heterocycles. The minimum absolute atomic E-state index is 0.0816. The topological polar surface area (TPSA) is 237 Å². The van der Waals surface area contributed by atoms with Crippen molar-refractivity contribution in [2.24, 2.45) is 11.8 Å². The van der Waals surface area contributed by atoms with Crippen LogP contribution in [0.15, 0.2) is 48.6 Å². The van der Waals surface area contributed by atoms with Crippen LogP contribution in [0.2, 0.25) is 0 Å². The molecule has 17 nitrogen and oxygen atoms in total. The van der Waals surface area contributed by atoms with Gasteiger partial charge in [-0.25, -0.2) is 9.13 Å². The molecule has 0 aliphatic heterocycles. The number of carbonyl (C=O) groups excluding carboxylic acids is 4. The standard InChI is InChI=1S/C78H144O17P2/c1-7-9-11-13-15-17-19-21-24-29-33-37-41-48-54-60-75(80)88-66-73(94-77(82)62-57-51-43-39-35-31-27-23-26-28-32-36-40-46-52-58-70(3)4)68-92-96(84,85)90-64-72(79)65-91-97(86,87)93-69-74(67-89-76(81)61-55-49-45-44-47-53-59-71(5)6)95-78(83)63-56-50-42-38-34-30-25-22-20-18-16-14-12-10-8-2/h17-22,24-25,70-74,79H,7-16,23,26-69H2,1-6H3,(H,84,85)(H,86,87)/b19-17-,20-18-,24-21-,25-22-/t72-,73-,74-/m1/s1. The third-order valence-corrected chi connectivity index (χ3v) is 18.9. The minimum atomic E-state index is -4.97. The zero-order valence-electron chi connectivity index (χ0n) is 62.3. The summed E-state index contributed by atoms with van der Waals surface area (Å²) in [6, 6.07) is 0. The van der Waals surface area contributed by atoms with Crippen LogP contribution >= 0.6 is 15.6 Å². The summed E-state index contributed by atoms with van der Waals surface area (Å²) < 4.78 is 68.5. The molecular formula is C78H144O17P2. The van der Waals surface area contributed by atoms with Crippen molar-refractivity contribution in [3.05, 3.63) is 48.6 Å². The number of aliphatic hydroxyl groups excluding tert-OH is 1. The third-order valence-electron chi connectivity index (χ3n) is 17.0. The van der Waals surface area contributed by atoms with Crippen molar-refractivity contribution in [2.45, 2.75) is 374 Å². The highest BCUT2D eigenvalue weighted by molar-refractivity contribution is 7.47. The summed E-state index contributed by atoms with van der Waals surface area (Å²) in [5.74, 6) is -0.703. The van der Waals surface area contributed by atoms with Crippen molar-refractivity contribution >= 4 is 39.5 Å². The van der Waals surface area contributed by atoms with E-state index in [4.69, 9.17) is 37.0 Å². The highest BCUT2D eigenvalue weighted by Crippen LogP contribution is 2.45. The van der Waals surface area contributed by atoms with Crippen LogP contribution in [0.5, 0.6) is 0 Å². The Morgan fingerprint density at radius 2 is 0.557 bits per heavy atom. The molecule has 0 aromatic rings. The first-order chi connectivity index (χ1) is 46.9. The number of allylic oxidation sites excluding steroid dienone is 8. The van der Waals surface area contributed by atoms with Crippen LogP contribution in [0.1, 0.15) is 356 Å². The van der Waals surface area contributed by atoms with E-state index in [1.54, 1.807) is 0 Å². The van der Waals surface area contributed by atoms with Crippen molar-refractivity contribution in [3.63, 3.8) is 0 Å². The Kier molecular flexibility index (Phi) is 66.7. The molecule has 0 heterocycles. The first-order valence-electron chi connectivity index (χ1n) is 39.1. The summed E-state index contributed by atoms with van der Waals surface area (Å²) in [5.41, 5.74) is 0. The van der Waals surface area contributed by atoms with Gasteiger partial charge in [0.05, 0.1) is 26.4 Å². The maximum absolute atomic E-state index is 13.1. The van der Waals surface area contributed by atoms with Crippen molar-refractivity contribution < 1.29 is 80.2 Å². The van der Waals surface area contributed by atoms with Gasteiger partial charge in [0.1, 0.15) is 19.3 Å². The lowest BCUT2D eigenvalue weighted by atomic mass is 10.0. The molecule has 5 atom stereocenters. The molecule has 568 valence electrons. The Balaban J connectivity index is 5.30. The van der Waals surface area contributed by atoms with Crippen molar-refractivity contribution in [1.29, 1.82) is 0 Å². The fraction of sp³-hybridized carbons (Fsp3) is 0.846. The number of phosphoric ester groups is 2. The summed E-state index contributed by atoms with van der Waals surface area (Å²) in [6.45, 7) is 9.41. The van der Waals surface area contributed by atoms with Crippen molar-refractivity contribution in [3.8, 4) is 0 Å². The van der Waals surface area contributed by atoms with E-state index < -0.39 is 97.5 Å². The van der Waals surface area contributed by atoms with E-state index in [1.165, 1.54) is 135 Å². The summed E-state index contributed by atoms with van der Waals surface area (Å²) in [4.78, 5) is 72.8. The number of unbranched alkanes of at least 4 members (excludes halogenated alkanes) is 37. The second-order valence-electron chi connectivity index (χ2n) is 27.7. The number of esters is 4. The Morgan fingerprint density at radius 1 is 0.320 bits per heavy atom. The molecule has 2 unspecified atom stereocenters. The quantitative estimate of drug-likeness (QED) is 0.0169. The van der Waals surface area contributed by atoms with Gasteiger partial charge in [0.2, 0.25) is 0 Å². The molecule has 0 radical (unpaired) electrons. The molecule has 97 heavy (non-hydrogen) atoms. The lowest BCUT2D eigenvalue weighted by Gasteiger charge is -2.21. The highest BCUT2D eigenvalue weighted by atomic mass is 31.2. The largest absolute Gasteiger partial charge is 0.472 e. The average Bonchev–Trinajstić information content (AvgIpc) is 1.05. The molecule has 0 aromatic carbocycles. The van der Waals surface area contributed by atoms with Gasteiger partial charge in [-0.15, -0.1) is 0 Å². The smallest absolute Gasteiger partial charge is 0.462 e. The SMILES string of the molecule is CCCCCC/C=C\C=C/CCCCCCCC(=O)OC[C@H](COP(=O)(O)OC[C@@H](O)COP(=O)(O)OC[C@@H](COC(=O)CCCCCCCCC(C)C)OC(=O)CCCCCCC/C=C\C=C/CCCCCC)OC(=O)CCCCCCCCCCCCCCCCCC(C)C. The molecule has 0 aromatic heterocycles. The summed E-state index contributed by atoms with van der Waals surface area (Å²) in [6.07, 6.45) is 62.8. The van der Waals surface area contributed by atoms with Crippen LogP contribution < -0.4 is 0 Å². The van der Waals surface area contributed by atoms with E-state index in [2.05, 4.69) is 90.2 Å². The van der Waals surface area contributed by atoms with E-state index in [-0.39, 0.29) is 25.7 Å². The molecule has 0 amide bonds. The lowest BCUT2D eigenvalue weighted by Crippen LogP contribution is -2.30. The van der Waals surface area contributed by atoms with Crippen LogP contribution in [0.25, 0.3) is 0 Å². The van der Waals surface area contributed by atoms with Gasteiger partial charge < -0.3 is 33.8 Å². The number of phosphoric acid groups is 2. The number of aliphatic hydroxyl groups is 1. The molecule has 3 N–H and O–H groups in total. The Hall–Kier alpha value is -2.98. The van der Waals surface area contributed by atoms with Crippen LogP contribution in [-0.2, 0) is 65.4 Å². The zero-order valence-corrected chi connectivity index (χ0v) is 64.1. The predicted molar refractivity (Wildman–Crippen MR) is 395 cm³/mol. The normalized spacial score (nSPS) is 14.3. The van der Waals surface area contributed by atoms with Crippen LogP contribution in [0, 0.1) is 11.8 Å². The van der Waals surface area contributed by atoms with E-state index in [9.17, 15) is 43.2 Å². The molecule has 0 spiro atoms. The second-order valence-corrected chi connectivity index (χ2v) is 30.6. The zero-order chi connectivity index (χ0) is 71.4. The number of hydrogen-bond acceptors (Lipinski definition) is 15. The van der Waals surface area contributed by atoms with Crippen LogP contribution in [0.3, 0.4) is 0 Å². The predicted octanol–water partition coefficient (Wildman–Crippen LogP) is 22.2. The summed E-state index contributed by atoms with van der Waals surface area (Å²) in [7, 11) is -9.94. The van der Waals surface area contributed by atoms with Gasteiger partial charge in [-0.05, 0) is 88.9 Å². The molecule has 0 aliphatic rings. The molecule has 0 rings (SSSR count). The third kappa shape index (κ3) is 71.2. The maximum Gasteiger partial charge on any atom is 0.472 e. The Morgan fingerprint density at radius 3 is 0.835 bits per heavy atom. The average molecular weight is 1420 g/mol. The fourth-order valence-corrected chi connectivity index (χ4v) is 12.5. The summed E-state index contributed by atoms with van der Waals surface area (Å²) >= 11 is 0. The molecule has 0 bridgehead atoms. The van der Waals surface area contributed by atoms with Gasteiger partial charge >= 0.3 is 39.5 Å². The van der Waals surface area contributed by atoms with Gasteiger partial charge in [0.15, 0.2) is 12.2 Å². The first-order valence-corrected chi connectivity index (χ1v) is 42.1. The minimum Gasteiger partial charge on any atom is -0.462 e. The molecular weight excluding hydrogens is 1270 g/mol. The fourth-order valence-electron chi connectivity index (χ4n) is 10.9. The van der Waals surface area contributed by atoms with Crippen molar-refractivity contribution in [1.82, 2.24) is 0 Å². The lowest BCUT2D eigenvalue weighted by molar-refractivity contribution is -0.161. The Labute approximate surface area is 591 Å². The van der Waals surface area contributed by atoms with E-state index in [1.807, 2.05) is 0 Å². The second kappa shape index (κ2) is 68.8. The van der Waals surface area contributed by atoms with Gasteiger partial charge in [0.25, 0.3) is 0 Å². The maximum atomic E-state index is 13.1. The summed E-state index contributed by atoms with van der Waals surface area (Å²) in [5, 5.41) is 10.6. The number of ether oxygens (including phenoxy) is 4. The molecule has 19 heteroatoms.